The van der Waals surface area contributed by atoms with Crippen LogP contribution in [0, 0.1) is 0 Å². The van der Waals surface area contributed by atoms with Gasteiger partial charge in [-0.25, -0.2) is 0 Å². The van der Waals surface area contributed by atoms with E-state index in [4.69, 9.17) is 11.6 Å². The molecule has 1 aromatic rings. The van der Waals surface area contributed by atoms with Gasteiger partial charge in [0.2, 0.25) is 0 Å². The summed E-state index contributed by atoms with van der Waals surface area (Å²) in [6.07, 6.45) is 0. The lowest BCUT2D eigenvalue weighted by Crippen LogP contribution is -2.51. The number of halogens is 1. The minimum absolute atomic E-state index is 0.0699. The lowest BCUT2D eigenvalue weighted by molar-refractivity contribution is 0.0781. The van der Waals surface area contributed by atoms with Gasteiger partial charge in [0.05, 0.1) is 6.04 Å². The van der Waals surface area contributed by atoms with Gasteiger partial charge in [0, 0.05) is 34.2 Å². The van der Waals surface area contributed by atoms with Crippen LogP contribution in [0.3, 0.4) is 0 Å². The first-order valence-corrected chi connectivity index (χ1v) is 8.10. The molecule has 0 saturated carbocycles. The van der Waals surface area contributed by atoms with E-state index < -0.39 is 0 Å². The highest BCUT2D eigenvalue weighted by Gasteiger charge is 2.32. The minimum Gasteiger partial charge on any atom is -0.292 e. The molecule has 0 bridgehead atoms. The number of rotatable bonds is 3. The van der Waals surface area contributed by atoms with Crippen LogP contribution in [0.15, 0.2) is 24.3 Å². The Hall–Kier alpha value is -0.510. The first kappa shape index (κ1) is 14.9. The van der Waals surface area contributed by atoms with Crippen LogP contribution in [0.2, 0.25) is 5.02 Å². The largest absolute Gasteiger partial charge is 0.292 e. The molecule has 0 aliphatic carbocycles. The first-order chi connectivity index (χ1) is 9.00. The number of nitrogens with zero attached hydrogens (tertiary/aromatic N) is 1. The number of benzene rings is 1. The minimum atomic E-state index is -0.0699. The molecule has 1 aliphatic rings. The van der Waals surface area contributed by atoms with E-state index in [0.29, 0.717) is 16.3 Å². The fraction of sp³-hybridized carbons (Fsp3) is 0.533. The SMILES string of the molecule is CC1SCCN(C(C)C(=O)c2ccc(Cl)cc2)C1C. The Morgan fingerprint density at radius 3 is 2.63 bits per heavy atom. The molecule has 2 rings (SSSR count). The van der Waals surface area contributed by atoms with Crippen LogP contribution in [0.1, 0.15) is 31.1 Å². The highest BCUT2D eigenvalue weighted by Crippen LogP contribution is 2.27. The molecule has 1 aliphatic heterocycles. The van der Waals surface area contributed by atoms with E-state index in [-0.39, 0.29) is 11.8 Å². The monoisotopic (exact) mass is 297 g/mol. The molecule has 4 heteroatoms. The first-order valence-electron chi connectivity index (χ1n) is 6.68. The number of thioether (sulfide) groups is 1. The van der Waals surface area contributed by atoms with Crippen LogP contribution in [0.25, 0.3) is 0 Å². The van der Waals surface area contributed by atoms with Crippen molar-refractivity contribution in [1.82, 2.24) is 4.90 Å². The molecule has 2 nitrogen and oxygen atoms in total. The van der Waals surface area contributed by atoms with Crippen molar-refractivity contribution in [3.8, 4) is 0 Å². The topological polar surface area (TPSA) is 20.3 Å². The van der Waals surface area contributed by atoms with E-state index in [1.807, 2.05) is 30.8 Å². The smallest absolute Gasteiger partial charge is 0.179 e. The van der Waals surface area contributed by atoms with Crippen LogP contribution >= 0.6 is 23.4 Å². The summed E-state index contributed by atoms with van der Waals surface area (Å²) in [6.45, 7) is 7.44. The zero-order chi connectivity index (χ0) is 14.0. The summed E-state index contributed by atoms with van der Waals surface area (Å²) < 4.78 is 0. The molecular weight excluding hydrogens is 278 g/mol. The molecule has 3 atom stereocenters. The average Bonchev–Trinajstić information content (AvgIpc) is 2.41. The standard InChI is InChI=1S/C15H20ClNOS/c1-10-12(3)19-9-8-17(10)11(2)15(18)13-4-6-14(16)7-5-13/h4-7,10-12H,8-9H2,1-3H3. The van der Waals surface area contributed by atoms with Crippen molar-refractivity contribution in [2.24, 2.45) is 0 Å². The number of hydrogen-bond donors (Lipinski definition) is 0. The van der Waals surface area contributed by atoms with Crippen LogP contribution in [0.4, 0.5) is 0 Å². The molecular formula is C15H20ClNOS. The number of carbonyl (C=O) groups is 1. The van der Waals surface area contributed by atoms with Crippen molar-refractivity contribution in [1.29, 1.82) is 0 Å². The van der Waals surface area contributed by atoms with Crippen molar-refractivity contribution < 1.29 is 4.79 Å². The van der Waals surface area contributed by atoms with Crippen LogP contribution < -0.4 is 0 Å². The molecule has 1 heterocycles. The highest BCUT2D eigenvalue weighted by atomic mass is 35.5. The second-order valence-electron chi connectivity index (χ2n) is 5.10. The van der Waals surface area contributed by atoms with E-state index in [9.17, 15) is 4.79 Å². The Morgan fingerprint density at radius 1 is 1.37 bits per heavy atom. The Bertz CT molecular complexity index is 448. The maximum atomic E-state index is 12.5. The van der Waals surface area contributed by atoms with Gasteiger partial charge in [0.1, 0.15) is 0 Å². The number of ketones is 1. The van der Waals surface area contributed by atoms with Crippen LogP contribution in [-0.4, -0.2) is 40.3 Å². The van der Waals surface area contributed by atoms with Crippen molar-refractivity contribution in [2.75, 3.05) is 12.3 Å². The van der Waals surface area contributed by atoms with Gasteiger partial charge in [-0.05, 0) is 38.1 Å². The highest BCUT2D eigenvalue weighted by molar-refractivity contribution is 8.00. The van der Waals surface area contributed by atoms with E-state index >= 15 is 0 Å². The van der Waals surface area contributed by atoms with Crippen molar-refractivity contribution >= 4 is 29.1 Å². The molecule has 0 radical (unpaired) electrons. The summed E-state index contributed by atoms with van der Waals surface area (Å²) >= 11 is 7.85. The zero-order valence-corrected chi connectivity index (χ0v) is 13.2. The van der Waals surface area contributed by atoms with Gasteiger partial charge in [0.25, 0.3) is 0 Å². The maximum absolute atomic E-state index is 12.5. The third kappa shape index (κ3) is 3.33. The zero-order valence-electron chi connectivity index (χ0n) is 11.6. The number of Topliss-reactive ketones (excluding diaryl/α,β-unsaturated/α-hetero) is 1. The van der Waals surface area contributed by atoms with E-state index in [1.165, 1.54) is 0 Å². The summed E-state index contributed by atoms with van der Waals surface area (Å²) in [5, 5.41) is 1.25. The Morgan fingerprint density at radius 2 is 2.00 bits per heavy atom. The Kier molecular flexibility index (Phi) is 4.93. The number of carbonyl (C=O) groups excluding carboxylic acids is 1. The molecule has 0 aromatic heterocycles. The van der Waals surface area contributed by atoms with Gasteiger partial charge in [-0.15, -0.1) is 0 Å². The fourth-order valence-corrected chi connectivity index (χ4v) is 3.76. The predicted octanol–water partition coefficient (Wildman–Crippen LogP) is 3.74. The summed E-state index contributed by atoms with van der Waals surface area (Å²) in [5.41, 5.74) is 0.745. The van der Waals surface area contributed by atoms with Gasteiger partial charge >= 0.3 is 0 Å². The average molecular weight is 298 g/mol. The Labute approximate surface area is 124 Å². The second-order valence-corrected chi connectivity index (χ2v) is 7.02. The number of hydrogen-bond acceptors (Lipinski definition) is 3. The molecule has 1 aromatic carbocycles. The lowest BCUT2D eigenvalue weighted by atomic mass is 10.0. The quantitative estimate of drug-likeness (QED) is 0.793. The van der Waals surface area contributed by atoms with Gasteiger partial charge in [0.15, 0.2) is 5.78 Å². The van der Waals surface area contributed by atoms with Crippen molar-refractivity contribution in [3.63, 3.8) is 0 Å². The third-order valence-corrected chi connectivity index (χ3v) is 5.53. The molecule has 19 heavy (non-hydrogen) atoms. The summed E-state index contributed by atoms with van der Waals surface area (Å²) in [7, 11) is 0. The molecule has 1 fully saturated rings. The summed E-state index contributed by atoms with van der Waals surface area (Å²) in [6, 6.07) is 7.55. The lowest BCUT2D eigenvalue weighted by Gasteiger charge is -2.40. The molecule has 1 saturated heterocycles. The molecule has 0 amide bonds. The van der Waals surface area contributed by atoms with Crippen LogP contribution in [-0.2, 0) is 0 Å². The molecule has 3 unspecified atom stereocenters. The van der Waals surface area contributed by atoms with Crippen LogP contribution in [0.5, 0.6) is 0 Å². The third-order valence-electron chi connectivity index (χ3n) is 3.94. The molecule has 104 valence electrons. The Balaban J connectivity index is 2.12. The van der Waals surface area contributed by atoms with Gasteiger partial charge < -0.3 is 0 Å². The van der Waals surface area contributed by atoms with E-state index in [2.05, 4.69) is 18.7 Å². The van der Waals surface area contributed by atoms with E-state index in [0.717, 1.165) is 17.9 Å². The second kappa shape index (κ2) is 6.29. The maximum Gasteiger partial charge on any atom is 0.179 e. The normalized spacial score (nSPS) is 26.1. The summed E-state index contributed by atoms with van der Waals surface area (Å²) in [5.74, 6) is 1.28. The van der Waals surface area contributed by atoms with E-state index in [1.54, 1.807) is 12.1 Å². The molecule has 0 spiro atoms. The van der Waals surface area contributed by atoms with Crippen molar-refractivity contribution in [2.45, 2.75) is 38.1 Å². The van der Waals surface area contributed by atoms with Crippen molar-refractivity contribution in [3.05, 3.63) is 34.9 Å². The predicted molar refractivity (Wildman–Crippen MR) is 83.3 cm³/mol. The fourth-order valence-electron chi connectivity index (χ4n) is 2.51. The van der Waals surface area contributed by atoms with Gasteiger partial charge in [-0.3, -0.25) is 9.69 Å². The molecule has 0 N–H and O–H groups in total. The van der Waals surface area contributed by atoms with Gasteiger partial charge in [-0.1, -0.05) is 18.5 Å². The summed E-state index contributed by atoms with van der Waals surface area (Å²) in [4.78, 5) is 14.8. The van der Waals surface area contributed by atoms with Gasteiger partial charge in [-0.2, -0.15) is 11.8 Å².